The number of fused-ring (bicyclic) bond motifs is 1. The van der Waals surface area contributed by atoms with Gasteiger partial charge in [0.15, 0.2) is 0 Å². The van der Waals surface area contributed by atoms with E-state index in [9.17, 15) is 0 Å². The highest BCUT2D eigenvalue weighted by Crippen LogP contribution is 2.33. The molecule has 1 aliphatic carbocycles. The Labute approximate surface area is 123 Å². The molecule has 1 aliphatic heterocycles. The van der Waals surface area contributed by atoms with Gasteiger partial charge < -0.3 is 10.2 Å². The van der Waals surface area contributed by atoms with Crippen LogP contribution in [0.15, 0.2) is 24.3 Å². The number of anilines is 1. The van der Waals surface area contributed by atoms with Gasteiger partial charge in [-0.05, 0) is 37.4 Å². The fraction of sp³-hybridized carbons (Fsp3) is 0.667. The normalized spacial score (nSPS) is 23.4. The zero-order chi connectivity index (χ0) is 13.8. The average molecular weight is 272 g/mol. The van der Waals surface area contributed by atoms with Gasteiger partial charge in [-0.25, -0.2) is 0 Å². The molecule has 20 heavy (non-hydrogen) atoms. The lowest BCUT2D eigenvalue weighted by molar-refractivity contribution is 0.152. The van der Waals surface area contributed by atoms with E-state index in [-0.39, 0.29) is 0 Å². The van der Waals surface area contributed by atoms with Crippen molar-refractivity contribution in [3.8, 4) is 0 Å². The van der Waals surface area contributed by atoms with Crippen molar-refractivity contribution in [2.75, 3.05) is 25.0 Å². The van der Waals surface area contributed by atoms with E-state index in [1.165, 1.54) is 62.9 Å². The van der Waals surface area contributed by atoms with Crippen molar-refractivity contribution in [3.05, 3.63) is 29.8 Å². The first kappa shape index (κ1) is 13.9. The Balaban J connectivity index is 1.70. The second-order valence-electron chi connectivity index (χ2n) is 6.38. The molecule has 1 aromatic carbocycles. The molecule has 2 nitrogen and oxygen atoms in total. The molecule has 1 atom stereocenters. The molecule has 1 aromatic rings. The monoisotopic (exact) mass is 272 g/mol. The lowest BCUT2D eigenvalue weighted by Crippen LogP contribution is -2.40. The predicted molar refractivity (Wildman–Crippen MR) is 86.4 cm³/mol. The van der Waals surface area contributed by atoms with Crippen molar-refractivity contribution in [1.82, 2.24) is 4.90 Å². The molecule has 1 N–H and O–H groups in total. The lowest BCUT2D eigenvalue weighted by Gasteiger charge is -2.37. The standard InChI is InChI=1S/C18H28N2/c1-2-20(16-8-4-3-5-9-16)14-15-12-13-19-18-11-7-6-10-17(15)18/h6-7,10-11,15-16,19H,2-5,8-9,12-14H2,1H3. The Kier molecular flexibility index (Phi) is 4.62. The molecule has 2 aliphatic rings. The van der Waals surface area contributed by atoms with Crippen molar-refractivity contribution >= 4 is 5.69 Å². The van der Waals surface area contributed by atoms with Crippen LogP contribution in [-0.4, -0.2) is 30.6 Å². The van der Waals surface area contributed by atoms with Crippen LogP contribution in [0.3, 0.4) is 0 Å². The van der Waals surface area contributed by atoms with E-state index >= 15 is 0 Å². The fourth-order valence-electron chi connectivity index (χ4n) is 4.01. The summed E-state index contributed by atoms with van der Waals surface area (Å²) in [4.78, 5) is 2.76. The zero-order valence-electron chi connectivity index (χ0n) is 12.8. The van der Waals surface area contributed by atoms with Gasteiger partial charge in [-0.15, -0.1) is 0 Å². The molecule has 1 fully saturated rings. The van der Waals surface area contributed by atoms with Crippen molar-refractivity contribution in [2.45, 2.75) is 57.4 Å². The Bertz CT molecular complexity index is 423. The highest BCUT2D eigenvalue weighted by atomic mass is 15.2. The van der Waals surface area contributed by atoms with Gasteiger partial charge in [-0.1, -0.05) is 44.4 Å². The molecule has 1 saturated carbocycles. The van der Waals surface area contributed by atoms with E-state index in [1.54, 1.807) is 0 Å². The summed E-state index contributed by atoms with van der Waals surface area (Å²) >= 11 is 0. The highest BCUT2D eigenvalue weighted by molar-refractivity contribution is 5.54. The van der Waals surface area contributed by atoms with Gasteiger partial charge in [0.2, 0.25) is 0 Å². The van der Waals surface area contributed by atoms with Crippen molar-refractivity contribution < 1.29 is 0 Å². The molecule has 1 heterocycles. The second-order valence-corrected chi connectivity index (χ2v) is 6.38. The van der Waals surface area contributed by atoms with Gasteiger partial charge >= 0.3 is 0 Å². The van der Waals surface area contributed by atoms with E-state index in [0.717, 1.165) is 12.6 Å². The van der Waals surface area contributed by atoms with Crippen LogP contribution >= 0.6 is 0 Å². The maximum absolute atomic E-state index is 3.54. The smallest absolute Gasteiger partial charge is 0.0376 e. The predicted octanol–water partition coefficient (Wildman–Crippen LogP) is 4.24. The molecule has 2 heteroatoms. The molecule has 110 valence electrons. The number of likely N-dealkylation sites (N-methyl/N-ethyl adjacent to an activating group) is 1. The minimum absolute atomic E-state index is 0.717. The van der Waals surface area contributed by atoms with Gasteiger partial charge in [0.25, 0.3) is 0 Å². The van der Waals surface area contributed by atoms with Crippen LogP contribution in [-0.2, 0) is 0 Å². The average Bonchev–Trinajstić information content (AvgIpc) is 2.53. The largest absolute Gasteiger partial charge is 0.385 e. The number of para-hydroxylation sites is 1. The fourth-order valence-corrected chi connectivity index (χ4v) is 4.01. The molecule has 3 rings (SSSR count). The van der Waals surface area contributed by atoms with Crippen molar-refractivity contribution in [2.24, 2.45) is 0 Å². The van der Waals surface area contributed by atoms with Crippen LogP contribution in [0.5, 0.6) is 0 Å². The molecular weight excluding hydrogens is 244 g/mol. The summed E-state index contributed by atoms with van der Waals surface area (Å²) in [5.41, 5.74) is 2.90. The molecule has 0 saturated heterocycles. The highest BCUT2D eigenvalue weighted by Gasteiger charge is 2.26. The van der Waals surface area contributed by atoms with Gasteiger partial charge in [-0.2, -0.15) is 0 Å². The number of hydrogen-bond acceptors (Lipinski definition) is 2. The topological polar surface area (TPSA) is 15.3 Å². The SMILES string of the molecule is CCN(CC1CCNc2ccccc21)C1CCCCC1. The number of nitrogens with zero attached hydrogens (tertiary/aromatic N) is 1. The summed E-state index contributed by atoms with van der Waals surface area (Å²) in [7, 11) is 0. The summed E-state index contributed by atoms with van der Waals surface area (Å²) in [5, 5.41) is 3.54. The van der Waals surface area contributed by atoms with Crippen molar-refractivity contribution in [1.29, 1.82) is 0 Å². The second kappa shape index (κ2) is 6.62. The van der Waals surface area contributed by atoms with E-state index < -0.39 is 0 Å². The number of rotatable bonds is 4. The third-order valence-corrected chi connectivity index (χ3v) is 5.16. The van der Waals surface area contributed by atoms with E-state index in [2.05, 4.69) is 41.4 Å². The number of hydrogen-bond donors (Lipinski definition) is 1. The van der Waals surface area contributed by atoms with Gasteiger partial charge in [-0.3, -0.25) is 0 Å². The van der Waals surface area contributed by atoms with Crippen LogP contribution in [0.25, 0.3) is 0 Å². The molecule has 0 bridgehead atoms. The van der Waals surface area contributed by atoms with Crippen LogP contribution < -0.4 is 5.32 Å². The van der Waals surface area contributed by atoms with E-state index in [4.69, 9.17) is 0 Å². The van der Waals surface area contributed by atoms with E-state index in [1.807, 2.05) is 0 Å². The Morgan fingerprint density at radius 2 is 1.90 bits per heavy atom. The van der Waals surface area contributed by atoms with Crippen molar-refractivity contribution in [3.63, 3.8) is 0 Å². The molecule has 0 spiro atoms. The Morgan fingerprint density at radius 1 is 1.10 bits per heavy atom. The van der Waals surface area contributed by atoms with Crippen LogP contribution in [0.2, 0.25) is 0 Å². The molecular formula is C18H28N2. The minimum Gasteiger partial charge on any atom is -0.385 e. The van der Waals surface area contributed by atoms with Gasteiger partial charge in [0, 0.05) is 30.7 Å². The molecule has 1 unspecified atom stereocenters. The Morgan fingerprint density at radius 3 is 2.70 bits per heavy atom. The number of nitrogens with one attached hydrogen (secondary N) is 1. The van der Waals surface area contributed by atoms with Crippen LogP contribution in [0.4, 0.5) is 5.69 Å². The summed E-state index contributed by atoms with van der Waals surface area (Å²) < 4.78 is 0. The third kappa shape index (κ3) is 3.01. The van der Waals surface area contributed by atoms with E-state index in [0.29, 0.717) is 5.92 Å². The van der Waals surface area contributed by atoms with Crippen LogP contribution in [0.1, 0.15) is 56.9 Å². The van der Waals surface area contributed by atoms with Gasteiger partial charge in [0.1, 0.15) is 0 Å². The summed E-state index contributed by atoms with van der Waals surface area (Å²) in [5.74, 6) is 0.717. The summed E-state index contributed by atoms with van der Waals surface area (Å²) in [6, 6.07) is 9.73. The Hall–Kier alpha value is -1.02. The zero-order valence-corrected chi connectivity index (χ0v) is 12.8. The summed E-state index contributed by atoms with van der Waals surface area (Å²) in [6.45, 7) is 5.92. The maximum atomic E-state index is 3.54. The third-order valence-electron chi connectivity index (χ3n) is 5.16. The quantitative estimate of drug-likeness (QED) is 0.882. The maximum Gasteiger partial charge on any atom is 0.0376 e. The molecule has 0 radical (unpaired) electrons. The molecule has 0 amide bonds. The first-order valence-electron chi connectivity index (χ1n) is 8.45. The lowest BCUT2D eigenvalue weighted by atomic mass is 9.88. The van der Waals surface area contributed by atoms with Crippen LogP contribution in [0, 0.1) is 0 Å². The summed E-state index contributed by atoms with van der Waals surface area (Å²) in [6.07, 6.45) is 8.43. The first-order chi connectivity index (χ1) is 9.88. The molecule has 0 aromatic heterocycles. The minimum atomic E-state index is 0.717. The number of benzene rings is 1. The van der Waals surface area contributed by atoms with Gasteiger partial charge in [0.05, 0.1) is 0 Å². The first-order valence-corrected chi connectivity index (χ1v) is 8.45.